The molecular formula is C20H23N5O. The van der Waals surface area contributed by atoms with Crippen LogP contribution < -0.4 is 14.5 Å². The van der Waals surface area contributed by atoms with Gasteiger partial charge in [0.1, 0.15) is 5.82 Å². The summed E-state index contributed by atoms with van der Waals surface area (Å²) in [7, 11) is 0. The number of hydrogen-bond acceptors (Lipinski definition) is 6. The third-order valence-corrected chi connectivity index (χ3v) is 4.44. The predicted octanol–water partition coefficient (Wildman–Crippen LogP) is 3.14. The molecule has 1 aliphatic heterocycles. The Morgan fingerprint density at radius 2 is 1.62 bits per heavy atom. The van der Waals surface area contributed by atoms with Crippen molar-refractivity contribution in [2.75, 3.05) is 36.0 Å². The lowest BCUT2D eigenvalue weighted by molar-refractivity contribution is 0.236. The van der Waals surface area contributed by atoms with Crippen molar-refractivity contribution in [2.24, 2.45) is 0 Å². The standard InChI is InChI=1S/C20H23N5O/c1-15(2)26-19-16-7-3-4-8-17(16)22-20(23-19)25-13-11-24(12-14-25)18-9-5-6-10-21-18/h3-10,15H,11-14H2,1-2H3. The van der Waals surface area contributed by atoms with E-state index in [1.54, 1.807) is 0 Å². The summed E-state index contributed by atoms with van der Waals surface area (Å²) in [5, 5.41) is 0.956. The first kappa shape index (κ1) is 16.6. The molecule has 0 amide bonds. The molecule has 6 nitrogen and oxygen atoms in total. The summed E-state index contributed by atoms with van der Waals surface area (Å²) >= 11 is 0. The van der Waals surface area contributed by atoms with Gasteiger partial charge in [0.2, 0.25) is 11.8 Å². The Hall–Kier alpha value is -2.89. The number of rotatable bonds is 4. The lowest BCUT2D eigenvalue weighted by atomic mass is 10.2. The van der Waals surface area contributed by atoms with Gasteiger partial charge in [-0.15, -0.1) is 0 Å². The number of aromatic nitrogens is 3. The predicted molar refractivity (Wildman–Crippen MR) is 104 cm³/mol. The highest BCUT2D eigenvalue weighted by Gasteiger charge is 2.21. The highest BCUT2D eigenvalue weighted by molar-refractivity contribution is 5.84. The number of para-hydroxylation sites is 1. The molecule has 0 atom stereocenters. The van der Waals surface area contributed by atoms with Crippen molar-refractivity contribution in [1.82, 2.24) is 15.0 Å². The third kappa shape index (κ3) is 3.40. The van der Waals surface area contributed by atoms with Crippen LogP contribution in [0.15, 0.2) is 48.7 Å². The Labute approximate surface area is 153 Å². The first-order valence-electron chi connectivity index (χ1n) is 9.05. The van der Waals surface area contributed by atoms with E-state index >= 15 is 0 Å². The van der Waals surface area contributed by atoms with E-state index < -0.39 is 0 Å². The minimum Gasteiger partial charge on any atom is -0.474 e. The van der Waals surface area contributed by atoms with E-state index in [0.29, 0.717) is 5.88 Å². The maximum atomic E-state index is 5.95. The van der Waals surface area contributed by atoms with E-state index in [4.69, 9.17) is 14.7 Å². The lowest BCUT2D eigenvalue weighted by Gasteiger charge is -2.35. The van der Waals surface area contributed by atoms with E-state index in [-0.39, 0.29) is 6.10 Å². The quantitative estimate of drug-likeness (QED) is 0.721. The number of benzene rings is 1. The molecule has 4 rings (SSSR count). The van der Waals surface area contributed by atoms with Crippen LogP contribution in [0, 0.1) is 0 Å². The van der Waals surface area contributed by atoms with Crippen LogP contribution in [0.4, 0.5) is 11.8 Å². The van der Waals surface area contributed by atoms with Crippen molar-refractivity contribution in [1.29, 1.82) is 0 Å². The van der Waals surface area contributed by atoms with E-state index in [1.807, 2.05) is 56.4 Å². The molecule has 0 bridgehead atoms. The zero-order chi connectivity index (χ0) is 17.9. The molecule has 0 N–H and O–H groups in total. The summed E-state index contributed by atoms with van der Waals surface area (Å²) in [6.45, 7) is 7.54. The van der Waals surface area contributed by atoms with Crippen molar-refractivity contribution in [3.63, 3.8) is 0 Å². The molecule has 1 aromatic carbocycles. The normalized spacial score (nSPS) is 14.9. The first-order chi connectivity index (χ1) is 12.7. The largest absolute Gasteiger partial charge is 0.474 e. The Bertz CT molecular complexity index is 876. The number of anilines is 2. The highest BCUT2D eigenvalue weighted by Crippen LogP contribution is 2.27. The monoisotopic (exact) mass is 349 g/mol. The Morgan fingerprint density at radius 3 is 2.35 bits per heavy atom. The van der Waals surface area contributed by atoms with E-state index in [2.05, 4.69) is 20.9 Å². The summed E-state index contributed by atoms with van der Waals surface area (Å²) in [5.74, 6) is 2.42. The smallest absolute Gasteiger partial charge is 0.229 e. The molecule has 134 valence electrons. The average Bonchev–Trinajstić information content (AvgIpc) is 2.68. The summed E-state index contributed by atoms with van der Waals surface area (Å²) in [5.41, 5.74) is 0.917. The topological polar surface area (TPSA) is 54.4 Å². The second kappa shape index (κ2) is 7.15. The first-order valence-corrected chi connectivity index (χ1v) is 9.05. The number of pyridine rings is 1. The van der Waals surface area contributed by atoms with Crippen LogP contribution in [0.25, 0.3) is 10.9 Å². The van der Waals surface area contributed by atoms with Gasteiger partial charge in [0.05, 0.1) is 17.0 Å². The summed E-state index contributed by atoms with van der Waals surface area (Å²) in [6.07, 6.45) is 1.91. The number of piperazine rings is 1. The molecule has 0 radical (unpaired) electrons. The minimum atomic E-state index is 0.0714. The molecule has 1 fully saturated rings. The minimum absolute atomic E-state index is 0.0714. The van der Waals surface area contributed by atoms with Crippen molar-refractivity contribution in [3.8, 4) is 5.88 Å². The van der Waals surface area contributed by atoms with Crippen LogP contribution >= 0.6 is 0 Å². The summed E-state index contributed by atoms with van der Waals surface area (Å²) in [6, 6.07) is 14.0. The van der Waals surface area contributed by atoms with Gasteiger partial charge in [0, 0.05) is 32.4 Å². The number of fused-ring (bicyclic) bond motifs is 1. The van der Waals surface area contributed by atoms with Crippen LogP contribution in [-0.4, -0.2) is 47.2 Å². The molecular weight excluding hydrogens is 326 g/mol. The SMILES string of the molecule is CC(C)Oc1nc(N2CCN(c3ccccn3)CC2)nc2ccccc12. The Kier molecular flexibility index (Phi) is 4.56. The van der Waals surface area contributed by atoms with Gasteiger partial charge in [-0.2, -0.15) is 4.98 Å². The number of nitrogens with zero attached hydrogens (tertiary/aromatic N) is 5. The molecule has 1 aliphatic rings. The van der Waals surface area contributed by atoms with Crippen LogP contribution in [0.5, 0.6) is 5.88 Å². The molecule has 0 saturated carbocycles. The van der Waals surface area contributed by atoms with Crippen LogP contribution in [0.3, 0.4) is 0 Å². The van der Waals surface area contributed by atoms with Gasteiger partial charge >= 0.3 is 0 Å². The van der Waals surface area contributed by atoms with Crippen molar-refractivity contribution < 1.29 is 4.74 Å². The van der Waals surface area contributed by atoms with Gasteiger partial charge < -0.3 is 14.5 Å². The molecule has 1 saturated heterocycles. The van der Waals surface area contributed by atoms with E-state index in [0.717, 1.165) is 48.8 Å². The van der Waals surface area contributed by atoms with Gasteiger partial charge in [0.25, 0.3) is 0 Å². The second-order valence-electron chi connectivity index (χ2n) is 6.67. The third-order valence-electron chi connectivity index (χ3n) is 4.44. The molecule has 0 unspecified atom stereocenters. The number of hydrogen-bond donors (Lipinski definition) is 0. The van der Waals surface area contributed by atoms with Gasteiger partial charge in [0.15, 0.2) is 0 Å². The summed E-state index contributed by atoms with van der Waals surface area (Å²) in [4.78, 5) is 18.4. The van der Waals surface area contributed by atoms with Crippen molar-refractivity contribution >= 4 is 22.7 Å². The van der Waals surface area contributed by atoms with E-state index in [9.17, 15) is 0 Å². The maximum Gasteiger partial charge on any atom is 0.229 e. The van der Waals surface area contributed by atoms with Crippen LogP contribution in [0.2, 0.25) is 0 Å². The zero-order valence-electron chi connectivity index (χ0n) is 15.2. The fourth-order valence-electron chi connectivity index (χ4n) is 3.17. The Balaban J connectivity index is 1.57. The van der Waals surface area contributed by atoms with Crippen molar-refractivity contribution in [3.05, 3.63) is 48.7 Å². The lowest BCUT2D eigenvalue weighted by Crippen LogP contribution is -2.47. The van der Waals surface area contributed by atoms with Gasteiger partial charge in [-0.1, -0.05) is 18.2 Å². The van der Waals surface area contributed by atoms with Gasteiger partial charge in [-0.3, -0.25) is 0 Å². The van der Waals surface area contributed by atoms with Crippen molar-refractivity contribution in [2.45, 2.75) is 20.0 Å². The zero-order valence-corrected chi connectivity index (χ0v) is 15.2. The van der Waals surface area contributed by atoms with Crippen LogP contribution in [0.1, 0.15) is 13.8 Å². The molecule has 0 spiro atoms. The average molecular weight is 349 g/mol. The highest BCUT2D eigenvalue weighted by atomic mass is 16.5. The van der Waals surface area contributed by atoms with Gasteiger partial charge in [-0.25, -0.2) is 9.97 Å². The second-order valence-corrected chi connectivity index (χ2v) is 6.67. The Morgan fingerprint density at radius 1 is 0.885 bits per heavy atom. The fraction of sp³-hybridized carbons (Fsp3) is 0.350. The molecule has 0 aliphatic carbocycles. The molecule has 3 heterocycles. The number of ether oxygens (including phenoxy) is 1. The van der Waals surface area contributed by atoms with Crippen LogP contribution in [-0.2, 0) is 0 Å². The van der Waals surface area contributed by atoms with Gasteiger partial charge in [-0.05, 0) is 38.1 Å². The molecule has 6 heteroatoms. The molecule has 26 heavy (non-hydrogen) atoms. The molecule has 3 aromatic rings. The molecule has 2 aromatic heterocycles. The fourth-order valence-corrected chi connectivity index (χ4v) is 3.17. The van der Waals surface area contributed by atoms with E-state index in [1.165, 1.54) is 0 Å². The maximum absolute atomic E-state index is 5.95. The summed E-state index contributed by atoms with van der Waals surface area (Å²) < 4.78 is 5.95.